The van der Waals surface area contributed by atoms with Gasteiger partial charge >= 0.3 is 12.3 Å². The van der Waals surface area contributed by atoms with Crippen LogP contribution >= 0.6 is 0 Å². The number of hydrogen-bond acceptors (Lipinski definition) is 6. The first-order chi connectivity index (χ1) is 18.0. The number of methoxy groups -OCH3 is 1. The van der Waals surface area contributed by atoms with E-state index in [0.717, 1.165) is 24.3 Å². The average Bonchev–Trinajstić information content (AvgIpc) is 2.84. The maximum Gasteiger partial charge on any atom is 0.573 e. The highest BCUT2D eigenvalue weighted by Gasteiger charge is 2.55. The van der Waals surface area contributed by atoms with Crippen LogP contribution in [0.3, 0.4) is 0 Å². The maximum atomic E-state index is 13.8. The molecule has 198 valence electrons. The summed E-state index contributed by atoms with van der Waals surface area (Å²) in [5.41, 5.74) is 1.14. The van der Waals surface area contributed by atoms with E-state index in [1.54, 1.807) is 0 Å². The lowest BCUT2D eigenvalue weighted by Crippen LogP contribution is -2.70. The first kappa shape index (κ1) is 25.7. The zero-order valence-electron chi connectivity index (χ0n) is 19.9. The van der Waals surface area contributed by atoms with Crippen molar-refractivity contribution in [3.63, 3.8) is 0 Å². The van der Waals surface area contributed by atoms with Gasteiger partial charge in [0.25, 0.3) is 0 Å². The highest BCUT2D eigenvalue weighted by atomic mass is 19.4. The summed E-state index contributed by atoms with van der Waals surface area (Å²) in [5, 5.41) is 3.38. The fourth-order valence-corrected chi connectivity index (χ4v) is 5.21. The van der Waals surface area contributed by atoms with Crippen LogP contribution in [0, 0.1) is 11.6 Å². The molecule has 2 aliphatic rings. The molecule has 3 aromatic carbocycles. The molecule has 5 rings (SSSR count). The maximum absolute atomic E-state index is 13.8. The first-order valence-corrected chi connectivity index (χ1v) is 11.5. The van der Waals surface area contributed by atoms with E-state index < -0.39 is 41.2 Å². The van der Waals surface area contributed by atoms with E-state index in [2.05, 4.69) is 10.1 Å². The second-order valence-corrected chi connectivity index (χ2v) is 9.34. The third-order valence-corrected chi connectivity index (χ3v) is 6.75. The van der Waals surface area contributed by atoms with E-state index in [0.29, 0.717) is 35.5 Å². The van der Waals surface area contributed by atoms with E-state index in [-0.39, 0.29) is 17.9 Å². The summed E-state index contributed by atoms with van der Waals surface area (Å²) in [4.78, 5) is 27.7. The number of Topliss-reactive ketones (excluding diaryl/α,β-unsaturated/α-hetero) is 1. The van der Waals surface area contributed by atoms with Crippen molar-refractivity contribution < 1.29 is 41.0 Å². The molecule has 1 spiro atoms. The number of nitrogens with zero attached hydrogens (tertiary/aromatic N) is 1. The summed E-state index contributed by atoms with van der Waals surface area (Å²) in [6, 6.07) is 13.3. The molecule has 0 radical (unpaired) electrons. The lowest BCUT2D eigenvalue weighted by atomic mass is 9.67. The van der Waals surface area contributed by atoms with Gasteiger partial charge in [-0.1, -0.05) is 18.2 Å². The Balaban J connectivity index is 1.47. The van der Waals surface area contributed by atoms with Crippen molar-refractivity contribution in [1.82, 2.24) is 4.90 Å². The molecule has 1 atom stereocenters. The van der Waals surface area contributed by atoms with E-state index in [1.807, 2.05) is 4.90 Å². The Bertz CT molecular complexity index is 1400. The molecule has 3 aromatic rings. The quantitative estimate of drug-likeness (QED) is 0.356. The molecular formula is C27H21F5N2O4. The minimum absolute atomic E-state index is 0.242. The van der Waals surface area contributed by atoms with Gasteiger partial charge in [0.2, 0.25) is 0 Å². The molecule has 0 amide bonds. The molecule has 0 bridgehead atoms. The van der Waals surface area contributed by atoms with Gasteiger partial charge in [0, 0.05) is 30.9 Å². The monoisotopic (exact) mass is 532 g/mol. The van der Waals surface area contributed by atoms with Crippen molar-refractivity contribution in [2.24, 2.45) is 0 Å². The lowest BCUT2D eigenvalue weighted by molar-refractivity contribution is -0.274. The van der Waals surface area contributed by atoms with Crippen LogP contribution in [0.4, 0.5) is 27.6 Å². The van der Waals surface area contributed by atoms with Gasteiger partial charge in [-0.25, -0.2) is 13.6 Å². The number of anilines is 1. The van der Waals surface area contributed by atoms with E-state index in [1.165, 1.54) is 43.5 Å². The molecule has 1 N–H and O–H groups in total. The number of likely N-dealkylation sites (tertiary alicyclic amines) is 1. The number of rotatable bonds is 5. The second kappa shape index (κ2) is 9.39. The molecule has 0 aliphatic carbocycles. The number of alkyl halides is 3. The van der Waals surface area contributed by atoms with Gasteiger partial charge in [0.05, 0.1) is 24.1 Å². The lowest BCUT2D eigenvalue weighted by Gasteiger charge is -2.56. The number of ketones is 1. The molecule has 6 nitrogen and oxygen atoms in total. The third kappa shape index (κ3) is 4.81. The van der Waals surface area contributed by atoms with Crippen LogP contribution < -0.4 is 10.1 Å². The van der Waals surface area contributed by atoms with Crippen molar-refractivity contribution in [3.8, 4) is 5.75 Å². The van der Waals surface area contributed by atoms with Crippen molar-refractivity contribution in [3.05, 3.63) is 94.6 Å². The summed E-state index contributed by atoms with van der Waals surface area (Å²) in [6.07, 6.45) is -4.85. The van der Waals surface area contributed by atoms with Crippen LogP contribution in [0.1, 0.15) is 37.8 Å². The minimum atomic E-state index is -4.85. The Labute approximate surface area is 214 Å². The van der Waals surface area contributed by atoms with Gasteiger partial charge < -0.3 is 14.8 Å². The van der Waals surface area contributed by atoms with Gasteiger partial charge in [-0.15, -0.1) is 13.2 Å². The summed E-state index contributed by atoms with van der Waals surface area (Å²) >= 11 is 0. The Morgan fingerprint density at radius 1 is 1.03 bits per heavy atom. The van der Waals surface area contributed by atoms with Crippen LogP contribution in [0.5, 0.6) is 5.75 Å². The number of hydrogen-bond donors (Lipinski definition) is 1. The minimum Gasteiger partial charge on any atom is -0.465 e. The third-order valence-electron chi connectivity index (χ3n) is 6.75. The molecule has 1 unspecified atom stereocenters. The Kier molecular flexibility index (Phi) is 6.34. The summed E-state index contributed by atoms with van der Waals surface area (Å²) in [5.74, 6) is -3.96. The summed E-state index contributed by atoms with van der Waals surface area (Å²) < 4.78 is 73.6. The summed E-state index contributed by atoms with van der Waals surface area (Å²) in [7, 11) is 1.24. The van der Waals surface area contributed by atoms with Crippen LogP contribution in [0.2, 0.25) is 0 Å². The molecule has 38 heavy (non-hydrogen) atoms. The second-order valence-electron chi connectivity index (χ2n) is 9.34. The van der Waals surface area contributed by atoms with E-state index in [9.17, 15) is 31.5 Å². The molecule has 11 heteroatoms. The van der Waals surface area contributed by atoms with Crippen molar-refractivity contribution in [2.45, 2.75) is 24.4 Å². The van der Waals surface area contributed by atoms with Gasteiger partial charge in [0.1, 0.15) is 5.75 Å². The van der Waals surface area contributed by atoms with Gasteiger partial charge in [-0.05, 0) is 53.6 Å². The highest BCUT2D eigenvalue weighted by molar-refractivity contribution is 6.09. The molecule has 0 aromatic heterocycles. The summed E-state index contributed by atoms with van der Waals surface area (Å²) in [6.45, 7) is 0.908. The molecular weight excluding hydrogens is 511 g/mol. The first-order valence-electron chi connectivity index (χ1n) is 11.5. The molecule has 1 saturated heterocycles. The largest absolute Gasteiger partial charge is 0.573 e. The number of halogens is 5. The normalized spacial score (nSPS) is 18.4. The number of fused-ring (bicyclic) bond motifs is 1. The predicted molar refractivity (Wildman–Crippen MR) is 126 cm³/mol. The molecule has 2 aliphatic heterocycles. The highest BCUT2D eigenvalue weighted by Crippen LogP contribution is 2.46. The number of esters is 1. The zero-order valence-corrected chi connectivity index (χ0v) is 19.9. The van der Waals surface area contributed by atoms with Crippen LogP contribution in [-0.4, -0.2) is 48.8 Å². The number of ether oxygens (including phenoxy) is 2. The van der Waals surface area contributed by atoms with Crippen LogP contribution in [0.25, 0.3) is 0 Å². The van der Waals surface area contributed by atoms with Crippen LogP contribution in [-0.2, 0) is 11.3 Å². The average molecular weight is 532 g/mol. The van der Waals surface area contributed by atoms with E-state index in [4.69, 9.17) is 4.74 Å². The van der Waals surface area contributed by atoms with Crippen LogP contribution in [0.15, 0.2) is 60.7 Å². The van der Waals surface area contributed by atoms with Crippen molar-refractivity contribution in [2.75, 3.05) is 25.5 Å². The predicted octanol–water partition coefficient (Wildman–Crippen LogP) is 5.30. The smallest absolute Gasteiger partial charge is 0.465 e. The SMILES string of the molecule is COC(=O)c1ccc2c(c1)NC1(CN(Cc3ccc(F)c(F)c3)C1)C(c1ccc(OC(F)(F)F)cc1)C2=O. The van der Waals surface area contributed by atoms with Gasteiger partial charge in [-0.3, -0.25) is 9.69 Å². The number of benzene rings is 3. The topological polar surface area (TPSA) is 67.9 Å². The van der Waals surface area contributed by atoms with Gasteiger partial charge in [0.15, 0.2) is 17.4 Å². The molecule has 0 saturated carbocycles. The fourth-order valence-electron chi connectivity index (χ4n) is 5.21. The Hall–Kier alpha value is -3.99. The van der Waals surface area contributed by atoms with Crippen molar-refractivity contribution in [1.29, 1.82) is 0 Å². The van der Waals surface area contributed by atoms with Gasteiger partial charge in [-0.2, -0.15) is 0 Å². The number of carbonyl (C=O) groups excluding carboxylic acids is 2. The Morgan fingerprint density at radius 3 is 2.37 bits per heavy atom. The fraction of sp³-hybridized carbons (Fsp3) is 0.259. The number of carbonyl (C=O) groups is 2. The Morgan fingerprint density at radius 2 is 1.74 bits per heavy atom. The standard InChI is InChI=1S/C27H21F5N2O4/c1-37-25(36)17-5-8-19-22(11-17)33-26(13-34(14-26)12-15-2-9-20(28)21(29)10-15)23(24(19)35)16-3-6-18(7-4-16)38-27(30,31)32/h2-11,23,33H,12-14H2,1H3. The number of nitrogens with one attached hydrogen (secondary N) is 1. The van der Waals surface area contributed by atoms with Crippen molar-refractivity contribution >= 4 is 17.4 Å². The zero-order chi connectivity index (χ0) is 27.2. The molecule has 2 heterocycles. The van der Waals surface area contributed by atoms with E-state index >= 15 is 0 Å². The molecule has 1 fully saturated rings.